The molecule has 2 aliphatic carbocycles. The van der Waals surface area contributed by atoms with E-state index in [0.29, 0.717) is 31.8 Å². The molecule has 5 nitrogen and oxygen atoms in total. The molecule has 2 bridgehead atoms. The molecular formula is C29H37NO4. The van der Waals surface area contributed by atoms with E-state index in [0.717, 1.165) is 55.7 Å². The van der Waals surface area contributed by atoms with Gasteiger partial charge in [0.05, 0.1) is 12.2 Å². The lowest BCUT2D eigenvalue weighted by atomic mass is 9.49. The van der Waals surface area contributed by atoms with Crippen molar-refractivity contribution in [3.8, 4) is 11.5 Å². The topological polar surface area (TPSA) is 48.0 Å². The van der Waals surface area contributed by atoms with Crippen LogP contribution in [-0.2, 0) is 28.0 Å². The Morgan fingerprint density at radius 3 is 2.68 bits per heavy atom. The van der Waals surface area contributed by atoms with Gasteiger partial charge in [-0.3, -0.25) is 4.79 Å². The number of nitrogens with zero attached hydrogens (tertiary/aromatic N) is 1. The smallest absolute Gasteiger partial charge is 0.165 e. The molecule has 2 aromatic rings. The average molecular weight is 464 g/mol. The number of hydrogen-bond acceptors (Lipinski definition) is 5. The summed E-state index contributed by atoms with van der Waals surface area (Å²) in [6, 6.07) is 14.8. The zero-order chi connectivity index (χ0) is 23.8. The van der Waals surface area contributed by atoms with Gasteiger partial charge in [0.25, 0.3) is 0 Å². The summed E-state index contributed by atoms with van der Waals surface area (Å²) in [7, 11) is 4.04. The molecule has 5 heteroatoms. The van der Waals surface area contributed by atoms with Gasteiger partial charge in [-0.1, -0.05) is 49.7 Å². The van der Waals surface area contributed by atoms with Gasteiger partial charge in [-0.25, -0.2) is 0 Å². The van der Waals surface area contributed by atoms with Gasteiger partial charge in [-0.05, 0) is 56.5 Å². The first-order chi connectivity index (χ1) is 16.5. The Bertz CT molecular complexity index is 1040. The summed E-state index contributed by atoms with van der Waals surface area (Å²) in [5, 5.41) is 0. The lowest BCUT2D eigenvalue weighted by molar-refractivity contribution is -0.183. The normalized spacial score (nSPS) is 28.2. The highest BCUT2D eigenvalue weighted by molar-refractivity contribution is 5.83. The van der Waals surface area contributed by atoms with Crippen molar-refractivity contribution in [1.82, 2.24) is 4.90 Å². The third-order valence-corrected chi connectivity index (χ3v) is 8.49. The predicted molar refractivity (Wildman–Crippen MR) is 133 cm³/mol. The molecule has 0 unspecified atom stereocenters. The Balaban J connectivity index is 1.64. The van der Waals surface area contributed by atoms with E-state index in [1.165, 1.54) is 11.1 Å². The van der Waals surface area contributed by atoms with E-state index >= 15 is 0 Å². The number of methoxy groups -OCH3 is 1. The molecule has 0 amide bonds. The van der Waals surface area contributed by atoms with Crippen LogP contribution in [0.5, 0.6) is 11.5 Å². The molecule has 3 atom stereocenters. The van der Waals surface area contributed by atoms with Crippen LogP contribution in [0.25, 0.3) is 0 Å². The Morgan fingerprint density at radius 2 is 1.91 bits per heavy atom. The molecule has 182 valence electrons. The molecule has 1 saturated carbocycles. The third kappa shape index (κ3) is 3.64. The number of rotatable bonds is 8. The summed E-state index contributed by atoms with van der Waals surface area (Å²) >= 11 is 0. The van der Waals surface area contributed by atoms with Gasteiger partial charge in [0.1, 0.15) is 12.4 Å². The molecule has 1 aliphatic heterocycles. The summed E-state index contributed by atoms with van der Waals surface area (Å²) in [5.74, 6) is 1.94. The van der Waals surface area contributed by atoms with E-state index in [1.807, 2.05) is 25.3 Å². The maximum absolute atomic E-state index is 13.0. The Kier molecular flexibility index (Phi) is 6.43. The number of piperidine rings is 1. The quantitative estimate of drug-likeness (QED) is 0.511. The summed E-state index contributed by atoms with van der Waals surface area (Å²) < 4.78 is 19.4. The van der Waals surface area contributed by atoms with Crippen LogP contribution < -0.4 is 9.47 Å². The molecule has 34 heavy (non-hydrogen) atoms. The molecule has 5 rings (SSSR count). The van der Waals surface area contributed by atoms with Gasteiger partial charge < -0.3 is 19.1 Å². The van der Waals surface area contributed by atoms with Gasteiger partial charge >= 0.3 is 0 Å². The van der Waals surface area contributed by atoms with Gasteiger partial charge in [0.15, 0.2) is 11.5 Å². The highest BCUT2D eigenvalue weighted by atomic mass is 16.5. The van der Waals surface area contributed by atoms with Crippen LogP contribution in [0.4, 0.5) is 0 Å². The van der Waals surface area contributed by atoms with Gasteiger partial charge in [-0.2, -0.15) is 0 Å². The maximum atomic E-state index is 13.0. The highest BCUT2D eigenvalue weighted by Gasteiger charge is 2.66. The predicted octanol–water partition coefficient (Wildman–Crippen LogP) is 5.08. The van der Waals surface area contributed by atoms with Crippen molar-refractivity contribution in [1.29, 1.82) is 0 Å². The average Bonchev–Trinajstić information content (AvgIpc) is 2.86. The van der Waals surface area contributed by atoms with Crippen LogP contribution in [0.1, 0.15) is 62.1 Å². The van der Waals surface area contributed by atoms with Gasteiger partial charge in [0, 0.05) is 37.0 Å². The lowest BCUT2D eigenvalue weighted by Gasteiger charge is -2.64. The number of fused-ring (bicyclic) bond motifs is 1. The van der Waals surface area contributed by atoms with Crippen molar-refractivity contribution < 1.29 is 19.0 Å². The summed E-state index contributed by atoms with van der Waals surface area (Å²) in [4.78, 5) is 15.4. The molecule has 3 aliphatic rings. The molecular weight excluding hydrogens is 426 g/mol. The molecule has 1 saturated heterocycles. The van der Waals surface area contributed by atoms with E-state index in [4.69, 9.17) is 14.2 Å². The molecule has 0 aromatic heterocycles. The maximum Gasteiger partial charge on any atom is 0.165 e. The van der Waals surface area contributed by atoms with E-state index in [9.17, 15) is 4.79 Å². The minimum atomic E-state index is -0.387. The van der Waals surface area contributed by atoms with Crippen molar-refractivity contribution in [3.05, 3.63) is 59.2 Å². The molecule has 2 fully saturated rings. The van der Waals surface area contributed by atoms with Crippen LogP contribution in [-0.4, -0.2) is 49.6 Å². The van der Waals surface area contributed by atoms with Crippen LogP contribution in [0.15, 0.2) is 42.5 Å². The minimum absolute atomic E-state index is 0.256. The number of benzene rings is 2. The molecule has 0 N–H and O–H groups in total. The third-order valence-electron chi connectivity index (χ3n) is 8.49. The second-order valence-corrected chi connectivity index (χ2v) is 10.2. The second kappa shape index (κ2) is 9.35. The van der Waals surface area contributed by atoms with Crippen molar-refractivity contribution in [3.63, 3.8) is 0 Å². The first-order valence-corrected chi connectivity index (χ1v) is 12.8. The van der Waals surface area contributed by atoms with Crippen LogP contribution >= 0.6 is 0 Å². The van der Waals surface area contributed by atoms with E-state index in [-0.39, 0.29) is 17.1 Å². The number of ether oxygens (including phenoxy) is 3. The Hall–Kier alpha value is -2.37. The second-order valence-electron chi connectivity index (χ2n) is 10.2. The number of likely N-dealkylation sites (tertiary alicyclic amines) is 1. The summed E-state index contributed by atoms with van der Waals surface area (Å²) in [5.41, 5.74) is 2.80. The zero-order valence-electron chi connectivity index (χ0n) is 20.8. The standard InChI is InChI=1S/C29H37NO4/c1-4-5-17-33-27-24(34-20-21-9-7-6-8-10-21)12-11-22-18-25-29(32-3)14-13-23(31)19-28(29,26(22)27)15-16-30(25)2/h6-12,25H,4-5,13-20H2,1-3H3/t25-,28-,29+/m0/s1. The first kappa shape index (κ1) is 23.4. The fourth-order valence-corrected chi connectivity index (χ4v) is 6.80. The number of carbonyl (C=O) groups is 1. The lowest BCUT2D eigenvalue weighted by Crippen LogP contribution is -2.73. The monoisotopic (exact) mass is 463 g/mol. The van der Waals surface area contributed by atoms with E-state index in [1.54, 1.807) is 0 Å². The first-order valence-electron chi connectivity index (χ1n) is 12.8. The number of carbonyl (C=O) groups excluding carboxylic acids is 1. The van der Waals surface area contributed by atoms with Crippen molar-refractivity contribution in [2.45, 2.75) is 75.5 Å². The van der Waals surface area contributed by atoms with Crippen molar-refractivity contribution in [2.24, 2.45) is 0 Å². The molecule has 1 heterocycles. The van der Waals surface area contributed by atoms with Crippen LogP contribution in [0, 0.1) is 0 Å². The summed E-state index contributed by atoms with van der Waals surface area (Å²) in [6.07, 6.45) is 5.70. The number of ketones is 1. The van der Waals surface area contributed by atoms with E-state index in [2.05, 4.69) is 43.1 Å². The SMILES string of the molecule is CCCCOc1c(OCc2ccccc2)ccc2c1[C@@]13CCN(C)[C@@H](C2)[C@]1(OC)CCC(=O)C3. The number of hydrogen-bond donors (Lipinski definition) is 0. The summed E-state index contributed by atoms with van der Waals surface area (Å²) in [6.45, 7) is 4.25. The van der Waals surface area contributed by atoms with Crippen molar-refractivity contribution >= 4 is 5.78 Å². The Labute approximate surface area is 203 Å². The number of unbranched alkanes of at least 4 members (excludes halogenated alkanes) is 1. The van der Waals surface area contributed by atoms with Gasteiger partial charge in [0.2, 0.25) is 0 Å². The van der Waals surface area contributed by atoms with E-state index < -0.39 is 0 Å². The fraction of sp³-hybridized carbons (Fsp3) is 0.552. The van der Waals surface area contributed by atoms with Gasteiger partial charge in [-0.15, -0.1) is 0 Å². The highest BCUT2D eigenvalue weighted by Crippen LogP contribution is 2.61. The number of Topliss-reactive ketones (excluding diaryl/α,β-unsaturated/α-hetero) is 1. The van der Waals surface area contributed by atoms with Crippen LogP contribution in [0.2, 0.25) is 0 Å². The van der Waals surface area contributed by atoms with Crippen LogP contribution in [0.3, 0.4) is 0 Å². The molecule has 2 aromatic carbocycles. The largest absolute Gasteiger partial charge is 0.489 e. The number of likely N-dealkylation sites (N-methyl/N-ethyl adjacent to an activating group) is 1. The molecule has 0 radical (unpaired) electrons. The zero-order valence-corrected chi connectivity index (χ0v) is 20.8. The fourth-order valence-electron chi connectivity index (χ4n) is 6.80. The Morgan fingerprint density at radius 1 is 1.09 bits per heavy atom. The minimum Gasteiger partial charge on any atom is -0.489 e. The van der Waals surface area contributed by atoms with Crippen molar-refractivity contribution in [2.75, 3.05) is 27.3 Å². The molecule has 0 spiro atoms.